The van der Waals surface area contributed by atoms with Gasteiger partial charge in [-0.1, -0.05) is 17.7 Å². The van der Waals surface area contributed by atoms with Gasteiger partial charge in [-0.15, -0.1) is 0 Å². The molecular weight excluding hydrogens is 154 g/mol. The van der Waals surface area contributed by atoms with Gasteiger partial charge in [0.05, 0.1) is 0 Å². The summed E-state index contributed by atoms with van der Waals surface area (Å²) in [5.74, 6) is 4.72. The maximum Gasteiger partial charge on any atom is 0.360 e. The third-order valence-electron chi connectivity index (χ3n) is 0.920. The number of rotatable bonds is 2. The summed E-state index contributed by atoms with van der Waals surface area (Å²) >= 11 is 0. The van der Waals surface area contributed by atoms with E-state index in [4.69, 9.17) is 0 Å². The second-order valence-corrected chi connectivity index (χ2v) is 2.21. The van der Waals surface area contributed by atoms with Gasteiger partial charge >= 0.3 is 5.97 Å². The van der Waals surface area contributed by atoms with E-state index in [1.165, 1.54) is 0 Å². The first-order valence-corrected chi connectivity index (χ1v) is 3.42. The molecule has 0 aromatic carbocycles. The second kappa shape index (κ2) is 5.14. The predicted molar refractivity (Wildman–Crippen MR) is 47.5 cm³/mol. The van der Waals surface area contributed by atoms with Crippen molar-refractivity contribution in [3.63, 3.8) is 0 Å². The number of carbonyl (C=O) groups excluding carboxylic acids is 1. The first-order chi connectivity index (χ1) is 5.57. The summed E-state index contributed by atoms with van der Waals surface area (Å²) in [5.41, 5.74) is 0.781. The van der Waals surface area contributed by atoms with Crippen molar-refractivity contribution in [2.75, 3.05) is 0 Å². The molecule has 0 atom stereocenters. The summed E-state index contributed by atoms with van der Waals surface area (Å²) in [6, 6.07) is 0. The molecule has 0 radical (unpaired) electrons. The van der Waals surface area contributed by atoms with Crippen LogP contribution in [0.4, 0.5) is 0 Å². The highest BCUT2D eigenvalue weighted by Gasteiger charge is 2.01. The molecule has 12 heavy (non-hydrogen) atoms. The predicted octanol–water partition coefficient (Wildman–Crippen LogP) is 1.50. The lowest BCUT2D eigenvalue weighted by Gasteiger charge is -1.94. The minimum atomic E-state index is -0.535. The maximum absolute atomic E-state index is 10.8. The zero-order valence-corrected chi connectivity index (χ0v) is 7.47. The molecule has 3 heteroatoms. The van der Waals surface area contributed by atoms with Crippen LogP contribution in [-0.2, 0) is 9.63 Å². The van der Waals surface area contributed by atoms with Crippen molar-refractivity contribution in [2.45, 2.75) is 20.8 Å². The molecule has 0 bridgehead atoms. The third-order valence-corrected chi connectivity index (χ3v) is 0.920. The van der Waals surface area contributed by atoms with Gasteiger partial charge in [0, 0.05) is 5.57 Å². The van der Waals surface area contributed by atoms with E-state index in [1.807, 2.05) is 0 Å². The second-order valence-electron chi connectivity index (χ2n) is 2.21. The summed E-state index contributed by atoms with van der Waals surface area (Å²) in [7, 11) is 0. The Morgan fingerprint density at radius 3 is 2.50 bits per heavy atom. The Kier molecular flexibility index (Phi) is 4.47. The summed E-state index contributed by atoms with van der Waals surface area (Å²) in [6.07, 6.45) is 0. The molecule has 0 saturated heterocycles. The smallest absolute Gasteiger partial charge is 0.312 e. The van der Waals surface area contributed by atoms with Gasteiger partial charge in [-0.25, -0.2) is 4.79 Å². The van der Waals surface area contributed by atoms with Gasteiger partial charge < -0.3 is 4.84 Å². The van der Waals surface area contributed by atoms with E-state index in [9.17, 15) is 4.79 Å². The number of oxime groups is 1. The van der Waals surface area contributed by atoms with Crippen molar-refractivity contribution in [1.29, 1.82) is 0 Å². The minimum absolute atomic E-state index is 0.316. The molecule has 0 saturated carbocycles. The lowest BCUT2D eigenvalue weighted by atomic mass is 10.4. The normalized spacial score (nSPS) is 9.75. The van der Waals surface area contributed by atoms with Crippen LogP contribution in [0.15, 0.2) is 17.3 Å². The summed E-state index contributed by atoms with van der Waals surface area (Å²) < 4.78 is 0. The van der Waals surface area contributed by atoms with Crippen molar-refractivity contribution in [3.8, 4) is 11.8 Å². The number of hydrogen-bond acceptors (Lipinski definition) is 3. The molecule has 0 aliphatic heterocycles. The highest BCUT2D eigenvalue weighted by molar-refractivity contribution is 5.98. The molecule has 0 aromatic rings. The molecule has 0 unspecified atom stereocenters. The van der Waals surface area contributed by atoms with Gasteiger partial charge in [-0.3, -0.25) is 0 Å². The topological polar surface area (TPSA) is 38.7 Å². The summed E-state index contributed by atoms with van der Waals surface area (Å²) in [5, 5.41) is 3.47. The van der Waals surface area contributed by atoms with Crippen LogP contribution < -0.4 is 0 Å². The monoisotopic (exact) mass is 165 g/mol. The van der Waals surface area contributed by atoms with E-state index in [-0.39, 0.29) is 0 Å². The van der Waals surface area contributed by atoms with Crippen molar-refractivity contribution in [1.82, 2.24) is 0 Å². The Balaban J connectivity index is 4.11. The summed E-state index contributed by atoms with van der Waals surface area (Å²) in [6.45, 7) is 8.29. The van der Waals surface area contributed by atoms with E-state index in [0.717, 1.165) is 0 Å². The van der Waals surface area contributed by atoms with Crippen molar-refractivity contribution in [2.24, 2.45) is 5.16 Å². The van der Waals surface area contributed by atoms with Crippen LogP contribution in [0.1, 0.15) is 20.8 Å². The van der Waals surface area contributed by atoms with Crippen LogP contribution in [0.3, 0.4) is 0 Å². The molecule has 0 aliphatic carbocycles. The van der Waals surface area contributed by atoms with Crippen LogP contribution in [0.25, 0.3) is 0 Å². The average molecular weight is 165 g/mol. The third kappa shape index (κ3) is 4.29. The standard InChI is InChI=1S/C9H11NO2/c1-5-6-8(4)10-12-9(11)7(2)3/h2H2,1,3-4H3/b10-8+. The fraction of sp³-hybridized carbons (Fsp3) is 0.333. The molecule has 0 aromatic heterocycles. The lowest BCUT2D eigenvalue weighted by molar-refractivity contribution is -0.138. The SMILES string of the molecule is C=C(C)C(=O)O/N=C(\C)C#CC. The quantitative estimate of drug-likeness (QED) is 0.204. The molecule has 0 spiro atoms. The summed E-state index contributed by atoms with van der Waals surface area (Å²) in [4.78, 5) is 15.2. The van der Waals surface area contributed by atoms with Crippen LogP contribution in [0.2, 0.25) is 0 Å². The van der Waals surface area contributed by atoms with Crippen LogP contribution in [-0.4, -0.2) is 11.7 Å². The number of hydrogen-bond donors (Lipinski definition) is 0. The Bertz CT molecular complexity index is 279. The van der Waals surface area contributed by atoms with Gasteiger partial charge in [0.25, 0.3) is 0 Å². The van der Waals surface area contributed by atoms with Gasteiger partial charge in [0.1, 0.15) is 5.71 Å². The largest absolute Gasteiger partial charge is 0.360 e. The van der Waals surface area contributed by atoms with E-state index in [1.54, 1.807) is 20.8 Å². The van der Waals surface area contributed by atoms with E-state index in [2.05, 4.69) is 28.4 Å². The zero-order chi connectivity index (χ0) is 9.56. The highest BCUT2D eigenvalue weighted by Crippen LogP contribution is 1.92. The Hall–Kier alpha value is -1.56. The molecule has 0 N–H and O–H groups in total. The molecule has 64 valence electrons. The number of nitrogens with zero attached hydrogens (tertiary/aromatic N) is 1. The van der Waals surface area contributed by atoms with E-state index < -0.39 is 5.97 Å². The first-order valence-electron chi connectivity index (χ1n) is 3.42. The first kappa shape index (κ1) is 10.4. The average Bonchev–Trinajstić information content (AvgIpc) is 2.00. The Morgan fingerprint density at radius 1 is 1.50 bits per heavy atom. The fourth-order valence-corrected chi connectivity index (χ4v) is 0.392. The molecule has 0 amide bonds. The molecular formula is C9H11NO2. The van der Waals surface area contributed by atoms with Crippen molar-refractivity contribution < 1.29 is 9.63 Å². The maximum atomic E-state index is 10.8. The van der Waals surface area contributed by atoms with Gasteiger partial charge in [0.2, 0.25) is 0 Å². The fourth-order valence-electron chi connectivity index (χ4n) is 0.392. The van der Waals surface area contributed by atoms with E-state index >= 15 is 0 Å². The van der Waals surface area contributed by atoms with Crippen molar-refractivity contribution in [3.05, 3.63) is 12.2 Å². The van der Waals surface area contributed by atoms with Crippen molar-refractivity contribution >= 4 is 11.7 Å². The lowest BCUT2D eigenvalue weighted by Crippen LogP contribution is -2.01. The van der Waals surface area contributed by atoms with Crippen LogP contribution in [0, 0.1) is 11.8 Å². The molecule has 0 heterocycles. The van der Waals surface area contributed by atoms with Crippen LogP contribution >= 0.6 is 0 Å². The Morgan fingerprint density at radius 2 is 2.08 bits per heavy atom. The number of carbonyl (C=O) groups is 1. The Labute approximate surface area is 72.1 Å². The van der Waals surface area contributed by atoms with Crippen LogP contribution in [0.5, 0.6) is 0 Å². The highest BCUT2D eigenvalue weighted by atomic mass is 16.7. The van der Waals surface area contributed by atoms with E-state index in [0.29, 0.717) is 11.3 Å². The molecule has 0 fully saturated rings. The zero-order valence-electron chi connectivity index (χ0n) is 7.47. The van der Waals surface area contributed by atoms with Gasteiger partial charge in [-0.05, 0) is 26.7 Å². The molecule has 3 nitrogen and oxygen atoms in total. The molecule has 0 aliphatic rings. The molecule has 0 rings (SSSR count). The van der Waals surface area contributed by atoms with Gasteiger partial charge in [-0.2, -0.15) is 0 Å². The van der Waals surface area contributed by atoms with Gasteiger partial charge in [0.15, 0.2) is 0 Å². The minimum Gasteiger partial charge on any atom is -0.312 e.